The summed E-state index contributed by atoms with van der Waals surface area (Å²) in [6.07, 6.45) is 0.895. The van der Waals surface area contributed by atoms with E-state index >= 15 is 0 Å². The van der Waals surface area contributed by atoms with Crippen LogP contribution >= 0.6 is 11.3 Å². The molecule has 1 N–H and O–H groups in total. The molecule has 2 aromatic heterocycles. The Hall–Kier alpha value is -1.72. The van der Waals surface area contributed by atoms with E-state index < -0.39 is 0 Å². The first-order valence-corrected chi connectivity index (χ1v) is 8.07. The molecule has 1 atom stereocenters. The zero-order valence-electron chi connectivity index (χ0n) is 12.6. The summed E-state index contributed by atoms with van der Waals surface area (Å²) in [4.78, 5) is 4.75. The molecule has 0 aliphatic heterocycles. The molecule has 0 amide bonds. The van der Waals surface area contributed by atoms with Crippen molar-refractivity contribution in [3.63, 3.8) is 0 Å². The Morgan fingerprint density at radius 1 is 1.33 bits per heavy atom. The van der Waals surface area contributed by atoms with E-state index in [9.17, 15) is 0 Å². The molecular weight excluding hydrogens is 280 g/mol. The molecule has 2 heterocycles. The number of thiazole rings is 1. The van der Waals surface area contributed by atoms with E-state index in [0.29, 0.717) is 0 Å². The quantitative estimate of drug-likeness (QED) is 0.786. The molecule has 0 radical (unpaired) electrons. The fourth-order valence-electron chi connectivity index (χ4n) is 2.67. The summed E-state index contributed by atoms with van der Waals surface area (Å²) in [7, 11) is 2.00. The van der Waals surface area contributed by atoms with Gasteiger partial charge in [0.25, 0.3) is 0 Å². The molecule has 0 aliphatic rings. The van der Waals surface area contributed by atoms with Crippen LogP contribution in [-0.4, -0.2) is 21.3 Å². The number of aryl methyl sites for hydroxylation is 2. The van der Waals surface area contributed by atoms with Gasteiger partial charge in [-0.2, -0.15) is 5.10 Å². The highest BCUT2D eigenvalue weighted by molar-refractivity contribution is 7.18. The molecule has 5 heteroatoms. The molecule has 1 unspecified atom stereocenters. The molecule has 3 aromatic rings. The van der Waals surface area contributed by atoms with Crippen LogP contribution in [0.2, 0.25) is 0 Å². The Balaban J connectivity index is 1.89. The van der Waals surface area contributed by atoms with E-state index in [1.165, 1.54) is 15.4 Å². The summed E-state index contributed by atoms with van der Waals surface area (Å²) in [5, 5.41) is 9.18. The molecule has 0 fully saturated rings. The lowest BCUT2D eigenvalue weighted by atomic mass is 10.1. The maximum atomic E-state index is 4.75. The largest absolute Gasteiger partial charge is 0.309 e. The van der Waals surface area contributed by atoms with Crippen LogP contribution in [0.15, 0.2) is 30.3 Å². The number of para-hydroxylation sites is 1. The summed E-state index contributed by atoms with van der Waals surface area (Å²) < 4.78 is 3.22. The van der Waals surface area contributed by atoms with Crippen LogP contribution in [0.25, 0.3) is 10.2 Å². The van der Waals surface area contributed by atoms with Gasteiger partial charge in [-0.15, -0.1) is 11.3 Å². The average molecular weight is 300 g/mol. The molecule has 110 valence electrons. The van der Waals surface area contributed by atoms with Gasteiger partial charge in [0.15, 0.2) is 0 Å². The van der Waals surface area contributed by atoms with Crippen molar-refractivity contribution < 1.29 is 0 Å². The normalized spacial score (nSPS) is 12.9. The summed E-state index contributed by atoms with van der Waals surface area (Å²) in [5.41, 5.74) is 3.36. The Labute approximate surface area is 128 Å². The number of nitrogens with zero attached hydrogens (tertiary/aromatic N) is 3. The summed E-state index contributed by atoms with van der Waals surface area (Å²) >= 11 is 1.78. The van der Waals surface area contributed by atoms with E-state index in [1.807, 2.05) is 24.7 Å². The van der Waals surface area contributed by atoms with Gasteiger partial charge in [-0.1, -0.05) is 19.1 Å². The predicted octanol–water partition coefficient (Wildman–Crippen LogP) is 3.23. The van der Waals surface area contributed by atoms with Crippen molar-refractivity contribution in [1.82, 2.24) is 20.1 Å². The summed E-state index contributed by atoms with van der Waals surface area (Å²) in [6.45, 7) is 5.10. The number of aromatic nitrogens is 3. The SMILES string of the molecule is CCNC(Cc1nc2ccccc2s1)c1cc(C)nn1C. The first-order valence-electron chi connectivity index (χ1n) is 7.25. The van der Waals surface area contributed by atoms with Crippen molar-refractivity contribution in [2.45, 2.75) is 26.3 Å². The van der Waals surface area contributed by atoms with Gasteiger partial charge in [0.1, 0.15) is 0 Å². The number of rotatable bonds is 5. The van der Waals surface area contributed by atoms with Gasteiger partial charge in [0.05, 0.1) is 32.7 Å². The van der Waals surface area contributed by atoms with Crippen molar-refractivity contribution >= 4 is 21.6 Å². The molecule has 0 bridgehead atoms. The number of fused-ring (bicyclic) bond motifs is 1. The first-order chi connectivity index (χ1) is 10.2. The van der Waals surface area contributed by atoms with Crippen LogP contribution in [0, 0.1) is 6.92 Å². The second-order valence-electron chi connectivity index (χ2n) is 5.22. The minimum Gasteiger partial charge on any atom is -0.309 e. The minimum absolute atomic E-state index is 0.252. The minimum atomic E-state index is 0.252. The predicted molar refractivity (Wildman–Crippen MR) is 87.7 cm³/mol. The lowest BCUT2D eigenvalue weighted by molar-refractivity contribution is 0.507. The molecule has 0 saturated heterocycles. The topological polar surface area (TPSA) is 42.7 Å². The van der Waals surface area contributed by atoms with E-state index in [-0.39, 0.29) is 6.04 Å². The van der Waals surface area contributed by atoms with Crippen LogP contribution in [0.3, 0.4) is 0 Å². The molecule has 1 aromatic carbocycles. The van der Waals surface area contributed by atoms with Crippen LogP contribution in [-0.2, 0) is 13.5 Å². The van der Waals surface area contributed by atoms with Crippen LogP contribution in [0.5, 0.6) is 0 Å². The van der Waals surface area contributed by atoms with Crippen LogP contribution < -0.4 is 5.32 Å². The Morgan fingerprint density at radius 2 is 2.14 bits per heavy atom. The second kappa shape index (κ2) is 5.95. The third-order valence-corrected chi connectivity index (χ3v) is 4.62. The van der Waals surface area contributed by atoms with Crippen molar-refractivity contribution in [2.75, 3.05) is 6.54 Å². The first kappa shape index (κ1) is 14.2. The van der Waals surface area contributed by atoms with E-state index in [2.05, 4.69) is 41.6 Å². The third-order valence-electron chi connectivity index (χ3n) is 3.56. The number of hydrogen-bond donors (Lipinski definition) is 1. The second-order valence-corrected chi connectivity index (χ2v) is 6.34. The van der Waals surface area contributed by atoms with E-state index in [0.717, 1.165) is 24.2 Å². The highest BCUT2D eigenvalue weighted by Crippen LogP contribution is 2.26. The van der Waals surface area contributed by atoms with Crippen LogP contribution in [0.4, 0.5) is 0 Å². The van der Waals surface area contributed by atoms with Crippen molar-refractivity contribution in [2.24, 2.45) is 7.05 Å². The summed E-state index contributed by atoms with van der Waals surface area (Å²) in [5.74, 6) is 0. The zero-order valence-corrected chi connectivity index (χ0v) is 13.4. The van der Waals surface area contributed by atoms with Crippen LogP contribution in [0.1, 0.15) is 29.4 Å². The lowest BCUT2D eigenvalue weighted by Crippen LogP contribution is -2.25. The average Bonchev–Trinajstić information content (AvgIpc) is 3.00. The third kappa shape index (κ3) is 2.99. The molecule has 0 spiro atoms. The Morgan fingerprint density at radius 3 is 2.81 bits per heavy atom. The van der Waals surface area contributed by atoms with Gasteiger partial charge < -0.3 is 5.32 Å². The van der Waals surface area contributed by atoms with Gasteiger partial charge in [0.2, 0.25) is 0 Å². The molecule has 0 saturated carbocycles. The maximum absolute atomic E-state index is 4.75. The molecular formula is C16H20N4S. The fourth-order valence-corrected chi connectivity index (χ4v) is 3.68. The molecule has 21 heavy (non-hydrogen) atoms. The monoisotopic (exact) mass is 300 g/mol. The van der Waals surface area contributed by atoms with Crippen molar-refractivity contribution in [1.29, 1.82) is 0 Å². The molecule has 0 aliphatic carbocycles. The Bertz CT molecular complexity index is 711. The highest BCUT2D eigenvalue weighted by Gasteiger charge is 2.17. The van der Waals surface area contributed by atoms with Gasteiger partial charge in [-0.3, -0.25) is 4.68 Å². The van der Waals surface area contributed by atoms with E-state index in [1.54, 1.807) is 11.3 Å². The standard InChI is InChI=1S/C16H20N4S/c1-4-17-13(14-9-11(2)19-20(14)3)10-16-18-12-7-5-6-8-15(12)21-16/h5-9,13,17H,4,10H2,1-3H3. The van der Waals surface area contributed by atoms with Gasteiger partial charge in [-0.05, 0) is 31.7 Å². The van der Waals surface area contributed by atoms with Gasteiger partial charge in [-0.25, -0.2) is 4.98 Å². The van der Waals surface area contributed by atoms with Gasteiger partial charge in [0, 0.05) is 13.5 Å². The number of benzene rings is 1. The van der Waals surface area contributed by atoms with E-state index in [4.69, 9.17) is 4.98 Å². The number of likely N-dealkylation sites (N-methyl/N-ethyl adjacent to an activating group) is 1. The Kier molecular flexibility index (Phi) is 4.03. The maximum Gasteiger partial charge on any atom is 0.0958 e. The molecule has 3 rings (SSSR count). The smallest absolute Gasteiger partial charge is 0.0958 e. The van der Waals surface area contributed by atoms with Crippen molar-refractivity contribution in [3.05, 3.63) is 46.7 Å². The fraction of sp³-hybridized carbons (Fsp3) is 0.375. The lowest BCUT2D eigenvalue weighted by Gasteiger charge is -2.16. The van der Waals surface area contributed by atoms with Crippen molar-refractivity contribution in [3.8, 4) is 0 Å². The molecule has 4 nitrogen and oxygen atoms in total. The highest BCUT2D eigenvalue weighted by atomic mass is 32.1. The number of hydrogen-bond acceptors (Lipinski definition) is 4. The number of nitrogens with one attached hydrogen (secondary N) is 1. The van der Waals surface area contributed by atoms with Gasteiger partial charge >= 0.3 is 0 Å². The summed E-state index contributed by atoms with van der Waals surface area (Å²) in [6, 6.07) is 10.7. The zero-order chi connectivity index (χ0) is 14.8.